The minimum Gasteiger partial charge on any atom is -0.380 e. The minimum absolute atomic E-state index is 0.280. The molecule has 0 bridgehead atoms. The van der Waals surface area contributed by atoms with Gasteiger partial charge in [-0.25, -0.2) is 9.37 Å². The van der Waals surface area contributed by atoms with E-state index in [0.717, 1.165) is 46.6 Å². The molecule has 2 aromatic heterocycles. The summed E-state index contributed by atoms with van der Waals surface area (Å²) < 4.78 is 25.2. The normalized spacial score (nSPS) is 11.0. The van der Waals surface area contributed by atoms with Gasteiger partial charge in [0.25, 0.3) is 5.89 Å². The van der Waals surface area contributed by atoms with Gasteiger partial charge in [-0.05, 0) is 54.3 Å². The molecule has 4 rings (SSSR count). The summed E-state index contributed by atoms with van der Waals surface area (Å²) in [5, 5.41) is 7.43. The Balaban J connectivity index is 1.65. The Bertz CT molecular complexity index is 1220. The van der Waals surface area contributed by atoms with Gasteiger partial charge in [0.05, 0.1) is 6.61 Å². The Kier molecular flexibility index (Phi) is 6.56. The predicted molar refractivity (Wildman–Crippen MR) is 123 cm³/mol. The quantitative estimate of drug-likeness (QED) is 0.375. The molecule has 1 N–H and O–H groups in total. The molecule has 0 saturated carbocycles. The van der Waals surface area contributed by atoms with Crippen LogP contribution in [0.15, 0.2) is 59.3 Å². The van der Waals surface area contributed by atoms with E-state index in [1.165, 1.54) is 6.07 Å². The van der Waals surface area contributed by atoms with Crippen LogP contribution in [0.3, 0.4) is 0 Å². The Morgan fingerprint density at radius 2 is 1.91 bits per heavy atom. The Morgan fingerprint density at radius 1 is 1.06 bits per heavy atom. The number of hydrogen-bond acceptors (Lipinski definition) is 6. The summed E-state index contributed by atoms with van der Waals surface area (Å²) >= 11 is 0. The SMILES string of the molecule is CCCNc1ncc(-c2noc(-c3ccc(-c4ccccc4F)c(COC)c3)n2)cc1C. The number of methoxy groups -OCH3 is 1. The topological polar surface area (TPSA) is 73.1 Å². The molecular weight excluding hydrogens is 407 g/mol. The summed E-state index contributed by atoms with van der Waals surface area (Å²) in [6.07, 6.45) is 2.76. The van der Waals surface area contributed by atoms with Crippen LogP contribution < -0.4 is 5.32 Å². The van der Waals surface area contributed by atoms with Gasteiger partial charge in [-0.2, -0.15) is 4.98 Å². The van der Waals surface area contributed by atoms with Crippen LogP contribution in [-0.4, -0.2) is 28.8 Å². The molecule has 164 valence electrons. The number of pyridine rings is 1. The first-order valence-corrected chi connectivity index (χ1v) is 10.5. The molecule has 0 aliphatic carbocycles. The van der Waals surface area contributed by atoms with Gasteiger partial charge in [-0.1, -0.05) is 36.3 Å². The van der Waals surface area contributed by atoms with Crippen LogP contribution in [-0.2, 0) is 11.3 Å². The van der Waals surface area contributed by atoms with Crippen molar-refractivity contribution in [2.24, 2.45) is 0 Å². The molecular formula is C25H25FN4O2. The Morgan fingerprint density at radius 3 is 2.66 bits per heavy atom. The highest BCUT2D eigenvalue weighted by Gasteiger charge is 2.16. The number of rotatable bonds is 8. The highest BCUT2D eigenvalue weighted by atomic mass is 19.1. The van der Waals surface area contributed by atoms with Crippen molar-refractivity contribution in [1.82, 2.24) is 15.1 Å². The van der Waals surface area contributed by atoms with Crippen LogP contribution in [0.4, 0.5) is 10.2 Å². The highest BCUT2D eigenvalue weighted by molar-refractivity contribution is 5.72. The van der Waals surface area contributed by atoms with E-state index in [9.17, 15) is 4.39 Å². The number of halogens is 1. The summed E-state index contributed by atoms with van der Waals surface area (Å²) in [5.74, 6) is 1.41. The van der Waals surface area contributed by atoms with E-state index < -0.39 is 0 Å². The van der Waals surface area contributed by atoms with Gasteiger partial charge in [-0.3, -0.25) is 0 Å². The molecule has 6 nitrogen and oxygen atoms in total. The number of hydrogen-bond donors (Lipinski definition) is 1. The maximum absolute atomic E-state index is 14.3. The third kappa shape index (κ3) is 4.53. The van der Waals surface area contributed by atoms with Crippen LogP contribution in [0.5, 0.6) is 0 Å². The van der Waals surface area contributed by atoms with E-state index in [1.807, 2.05) is 37.3 Å². The second kappa shape index (κ2) is 9.70. The third-order valence-corrected chi connectivity index (χ3v) is 5.12. The van der Waals surface area contributed by atoms with Crippen molar-refractivity contribution in [3.63, 3.8) is 0 Å². The van der Waals surface area contributed by atoms with Crippen molar-refractivity contribution in [3.8, 4) is 34.0 Å². The zero-order valence-corrected chi connectivity index (χ0v) is 18.4. The summed E-state index contributed by atoms with van der Waals surface area (Å²) in [6, 6.07) is 14.3. The van der Waals surface area contributed by atoms with E-state index in [-0.39, 0.29) is 5.82 Å². The van der Waals surface area contributed by atoms with Gasteiger partial charge in [0.2, 0.25) is 5.82 Å². The number of nitrogens with zero attached hydrogens (tertiary/aromatic N) is 3. The van der Waals surface area contributed by atoms with Crippen molar-refractivity contribution in [1.29, 1.82) is 0 Å². The van der Waals surface area contributed by atoms with Gasteiger partial charge >= 0.3 is 0 Å². The Labute approximate surface area is 186 Å². The number of aromatic nitrogens is 3. The molecule has 0 radical (unpaired) electrons. The number of aryl methyl sites for hydroxylation is 1. The number of benzene rings is 2. The standard InChI is InChI=1S/C25H25FN4O2/c1-4-11-27-23-16(2)12-18(14-28-23)24-29-25(32-30-24)17-9-10-20(19(13-17)15-31-3)21-7-5-6-8-22(21)26/h5-10,12-14H,4,11,15H2,1-3H3,(H,27,28). The molecule has 0 amide bonds. The first-order valence-electron chi connectivity index (χ1n) is 10.5. The first-order chi connectivity index (χ1) is 15.6. The van der Waals surface area contributed by atoms with E-state index in [0.29, 0.717) is 23.9 Å². The molecule has 0 aliphatic heterocycles. The molecule has 0 unspecified atom stereocenters. The monoisotopic (exact) mass is 432 g/mol. The lowest BCUT2D eigenvalue weighted by atomic mass is 9.97. The smallest absolute Gasteiger partial charge is 0.258 e. The average Bonchev–Trinajstić information content (AvgIpc) is 3.29. The highest BCUT2D eigenvalue weighted by Crippen LogP contribution is 2.31. The lowest BCUT2D eigenvalue weighted by Gasteiger charge is -2.11. The van der Waals surface area contributed by atoms with Crippen LogP contribution >= 0.6 is 0 Å². The lowest BCUT2D eigenvalue weighted by molar-refractivity contribution is 0.185. The molecule has 32 heavy (non-hydrogen) atoms. The molecule has 0 atom stereocenters. The molecule has 7 heteroatoms. The largest absolute Gasteiger partial charge is 0.380 e. The molecule has 2 heterocycles. The third-order valence-electron chi connectivity index (χ3n) is 5.12. The van der Waals surface area contributed by atoms with Crippen LogP contribution in [0.25, 0.3) is 34.0 Å². The van der Waals surface area contributed by atoms with Crippen molar-refractivity contribution in [3.05, 3.63) is 71.7 Å². The van der Waals surface area contributed by atoms with Crippen LogP contribution in [0.2, 0.25) is 0 Å². The van der Waals surface area contributed by atoms with E-state index in [4.69, 9.17) is 9.26 Å². The molecule has 2 aromatic carbocycles. The second-order valence-electron chi connectivity index (χ2n) is 7.52. The van der Waals surface area contributed by atoms with Crippen molar-refractivity contribution < 1.29 is 13.7 Å². The minimum atomic E-state index is -0.280. The van der Waals surface area contributed by atoms with E-state index in [1.54, 1.807) is 25.4 Å². The molecule has 0 fully saturated rings. The summed E-state index contributed by atoms with van der Waals surface area (Å²) in [5.41, 5.74) is 4.65. The average molecular weight is 432 g/mol. The molecule has 0 spiro atoms. The van der Waals surface area contributed by atoms with Gasteiger partial charge < -0.3 is 14.6 Å². The van der Waals surface area contributed by atoms with Crippen molar-refractivity contribution in [2.45, 2.75) is 26.9 Å². The fraction of sp³-hybridized carbons (Fsp3) is 0.240. The van der Waals surface area contributed by atoms with Crippen molar-refractivity contribution >= 4 is 5.82 Å². The van der Waals surface area contributed by atoms with Gasteiger partial charge in [-0.15, -0.1) is 0 Å². The van der Waals surface area contributed by atoms with Crippen LogP contribution in [0, 0.1) is 12.7 Å². The number of anilines is 1. The molecule has 0 aliphatic rings. The molecule has 0 saturated heterocycles. The zero-order valence-electron chi connectivity index (χ0n) is 18.4. The van der Waals surface area contributed by atoms with Gasteiger partial charge in [0, 0.05) is 36.5 Å². The predicted octanol–water partition coefficient (Wildman–Crippen LogP) is 5.88. The van der Waals surface area contributed by atoms with Gasteiger partial charge in [0.15, 0.2) is 0 Å². The zero-order chi connectivity index (χ0) is 22.5. The summed E-state index contributed by atoms with van der Waals surface area (Å²) in [4.78, 5) is 9.03. The maximum Gasteiger partial charge on any atom is 0.258 e. The van der Waals surface area contributed by atoms with Gasteiger partial charge in [0.1, 0.15) is 11.6 Å². The van der Waals surface area contributed by atoms with E-state index in [2.05, 4.69) is 27.4 Å². The summed E-state index contributed by atoms with van der Waals surface area (Å²) in [6.45, 7) is 5.30. The fourth-order valence-electron chi connectivity index (χ4n) is 3.53. The van der Waals surface area contributed by atoms with Crippen molar-refractivity contribution in [2.75, 3.05) is 19.0 Å². The summed E-state index contributed by atoms with van der Waals surface area (Å²) in [7, 11) is 1.61. The Hall–Kier alpha value is -3.58. The number of nitrogens with one attached hydrogen (secondary N) is 1. The molecule has 4 aromatic rings. The lowest BCUT2D eigenvalue weighted by Crippen LogP contribution is -2.03. The van der Waals surface area contributed by atoms with Crippen LogP contribution in [0.1, 0.15) is 24.5 Å². The second-order valence-corrected chi connectivity index (χ2v) is 7.52. The maximum atomic E-state index is 14.3. The first kappa shape index (κ1) is 21.6. The number of ether oxygens (including phenoxy) is 1. The fourth-order valence-corrected chi connectivity index (χ4v) is 3.53. The van der Waals surface area contributed by atoms with E-state index >= 15 is 0 Å².